The first-order valence-electron chi connectivity index (χ1n) is 9.07. The largest absolute Gasteiger partial charge is 0.490 e. The van der Waals surface area contributed by atoms with Gasteiger partial charge in [-0.25, -0.2) is 0 Å². The van der Waals surface area contributed by atoms with Gasteiger partial charge in [0.15, 0.2) is 11.5 Å². The molecule has 0 aromatic heterocycles. The summed E-state index contributed by atoms with van der Waals surface area (Å²) in [5, 5.41) is 0. The Labute approximate surface area is 144 Å². The molecule has 2 fully saturated rings. The van der Waals surface area contributed by atoms with Crippen LogP contribution in [-0.4, -0.2) is 43.2 Å². The molecule has 1 aromatic rings. The fourth-order valence-corrected chi connectivity index (χ4v) is 3.92. The van der Waals surface area contributed by atoms with Crippen LogP contribution < -0.4 is 15.2 Å². The van der Waals surface area contributed by atoms with Gasteiger partial charge in [-0.2, -0.15) is 0 Å². The molecule has 3 rings (SSSR count). The second kappa shape index (κ2) is 7.88. The third-order valence-electron chi connectivity index (χ3n) is 5.21. The Kier molecular flexibility index (Phi) is 5.61. The maximum absolute atomic E-state index is 12.4. The Balaban J connectivity index is 1.40. The van der Waals surface area contributed by atoms with Crippen molar-refractivity contribution in [1.82, 2.24) is 4.90 Å². The van der Waals surface area contributed by atoms with Crippen LogP contribution in [0.1, 0.15) is 32.6 Å². The molecule has 1 amide bonds. The fraction of sp³-hybridized carbons (Fsp3) is 0.632. The minimum Gasteiger partial charge on any atom is -0.490 e. The molecule has 2 N–H and O–H groups in total. The lowest BCUT2D eigenvalue weighted by Gasteiger charge is -2.19. The smallest absolute Gasteiger partial charge is 0.222 e. The maximum atomic E-state index is 12.4. The van der Waals surface area contributed by atoms with Crippen LogP contribution in [0.15, 0.2) is 24.3 Å². The van der Waals surface area contributed by atoms with Crippen molar-refractivity contribution in [2.24, 2.45) is 17.6 Å². The van der Waals surface area contributed by atoms with Gasteiger partial charge in [0, 0.05) is 25.6 Å². The van der Waals surface area contributed by atoms with Gasteiger partial charge in [0.2, 0.25) is 5.91 Å². The number of fused-ring (bicyclic) bond motifs is 1. The third-order valence-corrected chi connectivity index (χ3v) is 5.21. The highest BCUT2D eigenvalue weighted by atomic mass is 16.5. The number of hydrogen-bond acceptors (Lipinski definition) is 4. The zero-order valence-electron chi connectivity index (χ0n) is 14.4. The number of benzene rings is 1. The van der Waals surface area contributed by atoms with Gasteiger partial charge in [-0.15, -0.1) is 0 Å². The first-order valence-corrected chi connectivity index (χ1v) is 9.07. The molecule has 5 nitrogen and oxygen atoms in total. The van der Waals surface area contributed by atoms with E-state index < -0.39 is 0 Å². The molecule has 2 aliphatic rings. The standard InChI is InChI=1S/C19H28N2O3/c1-2-23-17-6-3-4-7-18(17)24-11-5-8-19(22)21-12-14-9-10-16(20)15(14)13-21/h3-4,6-7,14-16H,2,5,8-13,20H2,1H3. The SMILES string of the molecule is CCOc1ccccc1OCCCC(=O)N1CC2CCC(N)C2C1. The van der Waals surface area contributed by atoms with Crippen molar-refractivity contribution in [3.05, 3.63) is 24.3 Å². The summed E-state index contributed by atoms with van der Waals surface area (Å²) in [6, 6.07) is 7.93. The zero-order valence-corrected chi connectivity index (χ0v) is 14.4. The average molecular weight is 332 g/mol. The minimum absolute atomic E-state index is 0.235. The normalized spacial score (nSPS) is 25.6. The molecular weight excluding hydrogens is 304 g/mol. The van der Waals surface area contributed by atoms with Crippen molar-refractivity contribution < 1.29 is 14.3 Å². The Hall–Kier alpha value is -1.75. The second-order valence-electron chi connectivity index (χ2n) is 6.80. The van der Waals surface area contributed by atoms with E-state index in [1.807, 2.05) is 36.1 Å². The number of ether oxygens (including phenoxy) is 2. The van der Waals surface area contributed by atoms with Crippen LogP contribution in [0.5, 0.6) is 11.5 Å². The quantitative estimate of drug-likeness (QED) is 0.779. The second-order valence-corrected chi connectivity index (χ2v) is 6.80. The van der Waals surface area contributed by atoms with Gasteiger partial charge in [0.05, 0.1) is 13.2 Å². The van der Waals surface area contributed by atoms with Crippen LogP contribution >= 0.6 is 0 Å². The number of hydrogen-bond donors (Lipinski definition) is 1. The molecule has 1 aliphatic heterocycles. The summed E-state index contributed by atoms with van der Waals surface area (Å²) in [5.74, 6) is 2.88. The van der Waals surface area contributed by atoms with Gasteiger partial charge in [0.25, 0.3) is 0 Å². The number of nitrogens with zero attached hydrogens (tertiary/aromatic N) is 1. The highest BCUT2D eigenvalue weighted by molar-refractivity contribution is 5.76. The van der Waals surface area contributed by atoms with Gasteiger partial charge in [-0.1, -0.05) is 12.1 Å². The molecule has 1 saturated heterocycles. The van der Waals surface area contributed by atoms with E-state index in [1.165, 1.54) is 6.42 Å². The molecule has 1 saturated carbocycles. The van der Waals surface area contributed by atoms with E-state index in [-0.39, 0.29) is 11.9 Å². The number of amides is 1. The molecule has 5 heteroatoms. The van der Waals surface area contributed by atoms with E-state index in [0.29, 0.717) is 31.5 Å². The van der Waals surface area contributed by atoms with Crippen LogP contribution in [0, 0.1) is 11.8 Å². The van der Waals surface area contributed by atoms with Crippen molar-refractivity contribution in [3.8, 4) is 11.5 Å². The number of likely N-dealkylation sites (tertiary alicyclic amines) is 1. The van der Waals surface area contributed by atoms with Gasteiger partial charge in [-0.3, -0.25) is 4.79 Å². The van der Waals surface area contributed by atoms with E-state index >= 15 is 0 Å². The van der Waals surface area contributed by atoms with Crippen LogP contribution in [-0.2, 0) is 4.79 Å². The third kappa shape index (κ3) is 3.83. The predicted octanol–water partition coefficient (Wildman–Crippen LogP) is 2.44. The molecule has 3 unspecified atom stereocenters. The first-order chi connectivity index (χ1) is 11.7. The Morgan fingerprint density at radius 3 is 2.67 bits per heavy atom. The molecule has 24 heavy (non-hydrogen) atoms. The topological polar surface area (TPSA) is 64.8 Å². The van der Waals surface area contributed by atoms with Gasteiger partial charge < -0.3 is 20.1 Å². The van der Waals surface area contributed by atoms with Crippen LogP contribution in [0.3, 0.4) is 0 Å². The summed E-state index contributed by atoms with van der Waals surface area (Å²) in [5.41, 5.74) is 6.14. The summed E-state index contributed by atoms with van der Waals surface area (Å²) in [7, 11) is 0. The van der Waals surface area contributed by atoms with Crippen molar-refractivity contribution in [2.75, 3.05) is 26.3 Å². The molecule has 0 radical (unpaired) electrons. The number of carbonyl (C=O) groups excluding carboxylic acids is 1. The van der Waals surface area contributed by atoms with E-state index in [0.717, 1.165) is 37.4 Å². The zero-order chi connectivity index (χ0) is 16.9. The summed E-state index contributed by atoms with van der Waals surface area (Å²) < 4.78 is 11.3. The van der Waals surface area contributed by atoms with Crippen molar-refractivity contribution in [3.63, 3.8) is 0 Å². The maximum Gasteiger partial charge on any atom is 0.222 e. The van der Waals surface area contributed by atoms with Crippen LogP contribution in [0.2, 0.25) is 0 Å². The van der Waals surface area contributed by atoms with Gasteiger partial charge in [-0.05, 0) is 50.2 Å². The molecule has 1 aliphatic carbocycles. The Morgan fingerprint density at radius 2 is 1.96 bits per heavy atom. The Bertz CT molecular complexity index is 563. The minimum atomic E-state index is 0.235. The highest BCUT2D eigenvalue weighted by Crippen LogP contribution is 2.37. The summed E-state index contributed by atoms with van der Waals surface area (Å²) >= 11 is 0. The van der Waals surface area contributed by atoms with Crippen molar-refractivity contribution in [2.45, 2.75) is 38.6 Å². The number of rotatable bonds is 7. The monoisotopic (exact) mass is 332 g/mol. The van der Waals surface area contributed by atoms with E-state index in [9.17, 15) is 4.79 Å². The summed E-state index contributed by atoms with van der Waals surface area (Å²) in [6.07, 6.45) is 3.54. The molecule has 1 aromatic carbocycles. The van der Waals surface area contributed by atoms with Crippen LogP contribution in [0.25, 0.3) is 0 Å². The van der Waals surface area contributed by atoms with E-state index in [4.69, 9.17) is 15.2 Å². The number of nitrogens with two attached hydrogens (primary N) is 1. The molecule has 1 heterocycles. The van der Waals surface area contributed by atoms with Crippen molar-refractivity contribution in [1.29, 1.82) is 0 Å². The molecular formula is C19H28N2O3. The lowest BCUT2D eigenvalue weighted by molar-refractivity contribution is -0.130. The lowest BCUT2D eigenvalue weighted by Crippen LogP contribution is -2.33. The number of para-hydroxylation sites is 2. The van der Waals surface area contributed by atoms with E-state index in [2.05, 4.69) is 0 Å². The fourth-order valence-electron chi connectivity index (χ4n) is 3.92. The Morgan fingerprint density at radius 1 is 1.21 bits per heavy atom. The molecule has 3 atom stereocenters. The summed E-state index contributed by atoms with van der Waals surface area (Å²) in [4.78, 5) is 14.4. The molecule has 0 spiro atoms. The molecule has 0 bridgehead atoms. The van der Waals surface area contributed by atoms with Gasteiger partial charge >= 0.3 is 0 Å². The molecule has 132 valence electrons. The number of carbonyl (C=O) groups is 1. The predicted molar refractivity (Wildman–Crippen MR) is 93.1 cm³/mol. The lowest BCUT2D eigenvalue weighted by atomic mass is 9.98. The van der Waals surface area contributed by atoms with Gasteiger partial charge in [0.1, 0.15) is 0 Å². The van der Waals surface area contributed by atoms with Crippen molar-refractivity contribution >= 4 is 5.91 Å². The van der Waals surface area contributed by atoms with E-state index in [1.54, 1.807) is 0 Å². The average Bonchev–Trinajstić information content (AvgIpc) is 3.15. The highest BCUT2D eigenvalue weighted by Gasteiger charge is 2.42. The first kappa shape index (κ1) is 17.1. The summed E-state index contributed by atoms with van der Waals surface area (Å²) in [6.45, 7) is 4.82. The van der Waals surface area contributed by atoms with Crippen LogP contribution in [0.4, 0.5) is 0 Å².